The lowest BCUT2D eigenvalue weighted by Crippen LogP contribution is -2.38. The van der Waals surface area contributed by atoms with E-state index < -0.39 is 6.04 Å². The fraction of sp³-hybridized carbons (Fsp3) is 0.348. The smallest absolute Gasteiger partial charge is 0.408 e. The van der Waals surface area contributed by atoms with Gasteiger partial charge in [-0.05, 0) is 48.2 Å². The van der Waals surface area contributed by atoms with Crippen LogP contribution in [0.3, 0.4) is 0 Å². The maximum Gasteiger partial charge on any atom is 0.419 e. The molecule has 1 aromatic heterocycles. The monoisotopic (exact) mass is 404 g/mol. The Morgan fingerprint density at radius 3 is 2.77 bits per heavy atom. The minimum absolute atomic E-state index is 0.0865. The molecule has 1 amide bonds. The van der Waals surface area contributed by atoms with E-state index in [4.69, 9.17) is 4.42 Å². The molecule has 2 atom stereocenters. The molecule has 4 rings (SSSR count). The number of hydrogen-bond donors (Lipinski definition) is 2. The van der Waals surface area contributed by atoms with Crippen LogP contribution in [0.5, 0.6) is 0 Å². The summed E-state index contributed by atoms with van der Waals surface area (Å²) in [7, 11) is 1.68. The minimum atomic E-state index is -0.554. The van der Waals surface area contributed by atoms with Gasteiger partial charge in [0.25, 0.3) is 0 Å². The lowest BCUT2D eigenvalue weighted by atomic mass is 10.0. The lowest BCUT2D eigenvalue weighted by Gasteiger charge is -2.14. The number of aromatic nitrogens is 1. The van der Waals surface area contributed by atoms with Gasteiger partial charge >= 0.3 is 5.76 Å². The van der Waals surface area contributed by atoms with Crippen LogP contribution in [0.1, 0.15) is 24.8 Å². The van der Waals surface area contributed by atoms with Gasteiger partial charge < -0.3 is 15.1 Å². The Balaban J connectivity index is 1.42. The highest BCUT2D eigenvalue weighted by atomic mass is 16.4. The van der Waals surface area contributed by atoms with Gasteiger partial charge in [0.05, 0.1) is 11.6 Å². The predicted octanol–water partition coefficient (Wildman–Crippen LogP) is 2.49. The third kappa shape index (κ3) is 4.29. The number of aryl methyl sites for hydroxylation is 1. The fourth-order valence-electron chi connectivity index (χ4n) is 3.91. The Morgan fingerprint density at radius 2 is 2.07 bits per heavy atom. The molecule has 0 radical (unpaired) electrons. The highest BCUT2D eigenvalue weighted by molar-refractivity contribution is 5.80. The number of nitrogens with zero attached hydrogens (tertiary/aromatic N) is 2. The van der Waals surface area contributed by atoms with Crippen molar-refractivity contribution in [3.05, 3.63) is 58.6 Å². The Hall–Kier alpha value is -3.37. The Kier molecular flexibility index (Phi) is 5.68. The van der Waals surface area contributed by atoms with Crippen LogP contribution in [0, 0.1) is 11.3 Å². The number of amides is 1. The van der Waals surface area contributed by atoms with E-state index in [1.165, 1.54) is 4.57 Å². The van der Waals surface area contributed by atoms with E-state index in [0.717, 1.165) is 41.6 Å². The van der Waals surface area contributed by atoms with Crippen LogP contribution in [0.2, 0.25) is 0 Å². The molecular formula is C23H24N4O3. The summed E-state index contributed by atoms with van der Waals surface area (Å²) in [5.74, 6) is -0.470. The molecule has 1 saturated heterocycles. The standard InChI is InChI=1S/C23H24N4O3/c1-27-20-12-17(8-9-21(20)30-23(27)29)16-6-4-15(5-7-16)11-19(14-24)26-22(28)13-18-3-2-10-25-18/h4-9,12,18-19,25H,2-3,10-11,13H2,1H3,(H,26,28). The zero-order valence-corrected chi connectivity index (χ0v) is 16.9. The minimum Gasteiger partial charge on any atom is -0.408 e. The molecule has 0 spiro atoms. The maximum absolute atomic E-state index is 12.2. The van der Waals surface area contributed by atoms with Gasteiger partial charge in [-0.1, -0.05) is 30.3 Å². The molecule has 0 bridgehead atoms. The number of nitriles is 1. The van der Waals surface area contributed by atoms with E-state index in [-0.39, 0.29) is 17.7 Å². The summed E-state index contributed by atoms with van der Waals surface area (Å²) in [4.78, 5) is 23.9. The first-order chi connectivity index (χ1) is 14.5. The van der Waals surface area contributed by atoms with Crippen molar-refractivity contribution < 1.29 is 9.21 Å². The summed E-state index contributed by atoms with van der Waals surface area (Å²) in [6, 6.07) is 15.4. The van der Waals surface area contributed by atoms with E-state index in [1.54, 1.807) is 13.1 Å². The molecule has 2 heterocycles. The Morgan fingerprint density at radius 1 is 1.30 bits per heavy atom. The third-order valence-corrected chi connectivity index (χ3v) is 5.60. The molecule has 3 aromatic rings. The van der Waals surface area contributed by atoms with Crippen molar-refractivity contribution in [2.45, 2.75) is 37.8 Å². The van der Waals surface area contributed by atoms with Crippen LogP contribution in [0.15, 0.2) is 51.7 Å². The Labute approximate surface area is 174 Å². The van der Waals surface area contributed by atoms with Crippen molar-refractivity contribution in [1.82, 2.24) is 15.2 Å². The van der Waals surface area contributed by atoms with Gasteiger partial charge in [0.2, 0.25) is 5.91 Å². The number of carbonyl (C=O) groups excluding carboxylic acids is 1. The molecule has 2 aromatic carbocycles. The molecule has 7 heteroatoms. The number of rotatable bonds is 6. The van der Waals surface area contributed by atoms with Crippen LogP contribution in [-0.4, -0.2) is 29.1 Å². The summed E-state index contributed by atoms with van der Waals surface area (Å²) in [5.41, 5.74) is 4.24. The topological polar surface area (TPSA) is 100 Å². The second-order valence-corrected chi connectivity index (χ2v) is 7.76. The first-order valence-electron chi connectivity index (χ1n) is 10.1. The maximum atomic E-state index is 12.2. The fourth-order valence-corrected chi connectivity index (χ4v) is 3.91. The second kappa shape index (κ2) is 8.56. The van der Waals surface area contributed by atoms with Crippen molar-refractivity contribution in [3.8, 4) is 17.2 Å². The molecular weight excluding hydrogens is 380 g/mol. The average Bonchev–Trinajstić information content (AvgIpc) is 3.35. The molecule has 1 fully saturated rings. The molecule has 0 saturated carbocycles. The molecule has 1 aliphatic heterocycles. The van der Waals surface area contributed by atoms with Crippen molar-refractivity contribution in [2.75, 3.05) is 6.54 Å². The van der Waals surface area contributed by atoms with Crippen molar-refractivity contribution >= 4 is 17.0 Å². The highest BCUT2D eigenvalue weighted by Gasteiger charge is 2.20. The molecule has 1 aliphatic rings. The van der Waals surface area contributed by atoms with Crippen LogP contribution in [0.4, 0.5) is 0 Å². The summed E-state index contributed by atoms with van der Waals surface area (Å²) in [6.07, 6.45) is 2.96. The third-order valence-electron chi connectivity index (χ3n) is 5.60. The number of hydrogen-bond acceptors (Lipinski definition) is 5. The van der Waals surface area contributed by atoms with Gasteiger partial charge in [0, 0.05) is 25.9 Å². The normalized spacial score (nSPS) is 17.0. The number of fused-ring (bicyclic) bond motifs is 1. The van der Waals surface area contributed by atoms with E-state index in [1.807, 2.05) is 36.4 Å². The van der Waals surface area contributed by atoms with Crippen LogP contribution < -0.4 is 16.4 Å². The van der Waals surface area contributed by atoms with Gasteiger partial charge in [-0.25, -0.2) is 4.79 Å². The van der Waals surface area contributed by atoms with Gasteiger partial charge in [-0.3, -0.25) is 9.36 Å². The predicted molar refractivity (Wildman–Crippen MR) is 114 cm³/mol. The van der Waals surface area contributed by atoms with Crippen molar-refractivity contribution in [2.24, 2.45) is 7.05 Å². The number of oxazole rings is 1. The highest BCUT2D eigenvalue weighted by Crippen LogP contribution is 2.24. The van der Waals surface area contributed by atoms with Crippen LogP contribution >= 0.6 is 0 Å². The molecule has 2 unspecified atom stereocenters. The van der Waals surface area contributed by atoms with E-state index in [2.05, 4.69) is 16.7 Å². The van der Waals surface area contributed by atoms with Crippen LogP contribution in [0.25, 0.3) is 22.2 Å². The van der Waals surface area contributed by atoms with Gasteiger partial charge in [-0.15, -0.1) is 0 Å². The van der Waals surface area contributed by atoms with Crippen molar-refractivity contribution in [3.63, 3.8) is 0 Å². The first-order valence-corrected chi connectivity index (χ1v) is 10.1. The SMILES string of the molecule is Cn1c(=O)oc2ccc(-c3ccc(CC(C#N)NC(=O)CC4CCCN4)cc3)cc21. The summed E-state index contributed by atoms with van der Waals surface area (Å²) in [6.45, 7) is 0.954. The molecule has 154 valence electrons. The van der Waals surface area contributed by atoms with E-state index in [9.17, 15) is 14.9 Å². The van der Waals surface area contributed by atoms with E-state index in [0.29, 0.717) is 18.4 Å². The number of benzene rings is 2. The number of carbonyl (C=O) groups is 1. The quantitative estimate of drug-likeness (QED) is 0.658. The van der Waals surface area contributed by atoms with E-state index >= 15 is 0 Å². The average molecular weight is 404 g/mol. The van der Waals surface area contributed by atoms with Crippen LogP contribution in [-0.2, 0) is 18.3 Å². The van der Waals surface area contributed by atoms with Gasteiger partial charge in [0.15, 0.2) is 5.58 Å². The molecule has 2 N–H and O–H groups in total. The Bertz CT molecular complexity index is 1150. The van der Waals surface area contributed by atoms with Gasteiger partial charge in [-0.2, -0.15) is 5.26 Å². The second-order valence-electron chi connectivity index (χ2n) is 7.76. The summed E-state index contributed by atoms with van der Waals surface area (Å²) < 4.78 is 6.66. The lowest BCUT2D eigenvalue weighted by molar-refractivity contribution is -0.121. The molecule has 30 heavy (non-hydrogen) atoms. The largest absolute Gasteiger partial charge is 0.419 e. The zero-order valence-electron chi connectivity index (χ0n) is 16.9. The molecule has 0 aliphatic carbocycles. The first kappa shape index (κ1) is 19.9. The summed E-state index contributed by atoms with van der Waals surface area (Å²) >= 11 is 0. The molecule has 7 nitrogen and oxygen atoms in total. The van der Waals surface area contributed by atoms with Crippen molar-refractivity contribution in [1.29, 1.82) is 5.26 Å². The number of nitrogens with one attached hydrogen (secondary N) is 2. The van der Waals surface area contributed by atoms with Gasteiger partial charge in [0.1, 0.15) is 6.04 Å². The zero-order chi connectivity index (χ0) is 21.1. The summed E-state index contributed by atoms with van der Waals surface area (Å²) in [5, 5.41) is 15.6.